The first-order chi connectivity index (χ1) is 7.63. The largest absolute Gasteiger partial charge is 0.497 e. The van der Waals surface area contributed by atoms with Crippen LogP contribution in [0, 0.1) is 0 Å². The Morgan fingerprint density at radius 1 is 1.31 bits per heavy atom. The predicted molar refractivity (Wildman–Crippen MR) is 61.9 cm³/mol. The summed E-state index contributed by atoms with van der Waals surface area (Å²) in [6.45, 7) is 0. The van der Waals surface area contributed by atoms with Gasteiger partial charge in [-0.2, -0.15) is 0 Å². The fourth-order valence-electron chi connectivity index (χ4n) is 1.65. The van der Waals surface area contributed by atoms with Crippen LogP contribution in [0.4, 0.5) is 5.69 Å². The van der Waals surface area contributed by atoms with Gasteiger partial charge in [0.05, 0.1) is 18.4 Å². The van der Waals surface area contributed by atoms with Crippen LogP contribution in [-0.2, 0) is 0 Å². The number of anilines is 1. The number of hydrogen-bond donors (Lipinski definition) is 2. The third-order valence-corrected chi connectivity index (χ3v) is 2.50. The first-order valence-corrected chi connectivity index (χ1v) is 4.73. The molecule has 0 spiro atoms. The van der Waals surface area contributed by atoms with Gasteiger partial charge in [-0.15, -0.1) is 0 Å². The summed E-state index contributed by atoms with van der Waals surface area (Å²) in [6.07, 6.45) is 0. The number of carboxylic acids is 1. The molecule has 0 heterocycles. The van der Waals surface area contributed by atoms with Crippen molar-refractivity contribution in [1.82, 2.24) is 0 Å². The quantitative estimate of drug-likeness (QED) is 0.756. The Kier molecular flexibility index (Phi) is 2.40. The molecule has 82 valence electrons. The molecule has 4 nitrogen and oxygen atoms in total. The van der Waals surface area contributed by atoms with Crippen molar-refractivity contribution in [2.24, 2.45) is 0 Å². The van der Waals surface area contributed by atoms with E-state index in [-0.39, 0.29) is 11.3 Å². The second-order valence-electron chi connectivity index (χ2n) is 3.42. The molecule has 0 saturated carbocycles. The van der Waals surface area contributed by atoms with Gasteiger partial charge in [-0.3, -0.25) is 0 Å². The van der Waals surface area contributed by atoms with Crippen LogP contribution in [0.5, 0.6) is 5.75 Å². The minimum atomic E-state index is -1.02. The lowest BCUT2D eigenvalue weighted by Gasteiger charge is -2.07. The van der Waals surface area contributed by atoms with E-state index in [0.29, 0.717) is 0 Å². The summed E-state index contributed by atoms with van der Waals surface area (Å²) in [6, 6.07) is 8.55. The molecule has 0 aliphatic carbocycles. The lowest BCUT2D eigenvalue weighted by Crippen LogP contribution is -2.02. The third-order valence-electron chi connectivity index (χ3n) is 2.50. The molecule has 0 aliphatic rings. The highest BCUT2D eigenvalue weighted by molar-refractivity contribution is 6.05. The zero-order valence-corrected chi connectivity index (χ0v) is 8.73. The molecule has 0 atom stereocenters. The average molecular weight is 217 g/mol. The van der Waals surface area contributed by atoms with Crippen molar-refractivity contribution in [2.75, 3.05) is 12.8 Å². The number of methoxy groups -OCH3 is 1. The molecule has 0 amide bonds. The average Bonchev–Trinajstić information content (AvgIpc) is 2.28. The maximum atomic E-state index is 10.9. The molecule has 0 fully saturated rings. The molecule has 0 radical (unpaired) electrons. The van der Waals surface area contributed by atoms with Gasteiger partial charge in [-0.1, -0.05) is 6.07 Å². The number of fused-ring (bicyclic) bond motifs is 1. The van der Waals surface area contributed by atoms with Gasteiger partial charge in [0.1, 0.15) is 5.75 Å². The van der Waals surface area contributed by atoms with Crippen LogP contribution < -0.4 is 10.5 Å². The van der Waals surface area contributed by atoms with E-state index >= 15 is 0 Å². The number of hydrogen-bond acceptors (Lipinski definition) is 3. The topological polar surface area (TPSA) is 72.5 Å². The van der Waals surface area contributed by atoms with Gasteiger partial charge < -0.3 is 15.6 Å². The third kappa shape index (κ3) is 1.54. The van der Waals surface area contributed by atoms with Gasteiger partial charge in [0.25, 0.3) is 0 Å². The Balaban J connectivity index is 2.71. The van der Waals surface area contributed by atoms with Crippen molar-refractivity contribution in [3.05, 3.63) is 35.9 Å². The summed E-state index contributed by atoms with van der Waals surface area (Å²) in [4.78, 5) is 10.9. The van der Waals surface area contributed by atoms with Gasteiger partial charge in [0.2, 0.25) is 0 Å². The zero-order valence-electron chi connectivity index (χ0n) is 8.73. The molecular weight excluding hydrogens is 206 g/mol. The van der Waals surface area contributed by atoms with Crippen molar-refractivity contribution < 1.29 is 14.6 Å². The number of carboxylic acid groups (broad SMARTS) is 1. The fraction of sp³-hybridized carbons (Fsp3) is 0.0833. The number of rotatable bonds is 2. The van der Waals surface area contributed by atoms with E-state index in [9.17, 15) is 4.79 Å². The summed E-state index contributed by atoms with van der Waals surface area (Å²) in [5.74, 6) is -0.301. The van der Waals surface area contributed by atoms with E-state index in [0.717, 1.165) is 16.5 Å². The Bertz CT molecular complexity index is 563. The molecule has 0 unspecified atom stereocenters. The first-order valence-electron chi connectivity index (χ1n) is 4.73. The molecule has 0 bridgehead atoms. The number of nitrogens with two attached hydrogens (primary N) is 1. The minimum absolute atomic E-state index is 0.123. The molecule has 0 saturated heterocycles. The lowest BCUT2D eigenvalue weighted by molar-refractivity contribution is 0.0698. The monoisotopic (exact) mass is 217 g/mol. The highest BCUT2D eigenvalue weighted by atomic mass is 16.5. The standard InChI is InChI=1S/C12H11NO3/c1-16-8-3-5-9-7(6-8)2-4-10(11(9)13)12(14)15/h2-6H,13H2,1H3,(H,14,15). The van der Waals surface area contributed by atoms with Crippen molar-refractivity contribution in [1.29, 1.82) is 0 Å². The Morgan fingerprint density at radius 2 is 2.06 bits per heavy atom. The minimum Gasteiger partial charge on any atom is -0.497 e. The molecule has 4 heteroatoms. The van der Waals surface area contributed by atoms with Crippen LogP contribution in [0.1, 0.15) is 10.4 Å². The SMILES string of the molecule is COc1ccc2c(N)c(C(=O)O)ccc2c1. The van der Waals surface area contributed by atoms with Crippen LogP contribution in [0.3, 0.4) is 0 Å². The van der Waals surface area contributed by atoms with E-state index < -0.39 is 5.97 Å². The summed E-state index contributed by atoms with van der Waals surface area (Å²) >= 11 is 0. The number of nitrogen functional groups attached to an aromatic ring is 1. The first kappa shape index (κ1) is 10.3. The Morgan fingerprint density at radius 3 is 2.69 bits per heavy atom. The number of carbonyl (C=O) groups is 1. The molecule has 0 aliphatic heterocycles. The normalized spacial score (nSPS) is 10.3. The summed E-state index contributed by atoms with van der Waals surface area (Å²) in [5.41, 5.74) is 6.20. The van der Waals surface area contributed by atoms with Crippen molar-refractivity contribution in [3.63, 3.8) is 0 Å². The molecule has 2 aromatic carbocycles. The zero-order chi connectivity index (χ0) is 11.7. The van der Waals surface area contributed by atoms with E-state index in [1.165, 1.54) is 6.07 Å². The van der Waals surface area contributed by atoms with Gasteiger partial charge in [-0.05, 0) is 29.7 Å². The van der Waals surface area contributed by atoms with Gasteiger partial charge in [0, 0.05) is 5.39 Å². The van der Waals surface area contributed by atoms with Crippen molar-refractivity contribution in [3.8, 4) is 5.75 Å². The highest BCUT2D eigenvalue weighted by Crippen LogP contribution is 2.28. The van der Waals surface area contributed by atoms with E-state index in [4.69, 9.17) is 15.6 Å². The van der Waals surface area contributed by atoms with Crippen molar-refractivity contribution in [2.45, 2.75) is 0 Å². The number of benzene rings is 2. The van der Waals surface area contributed by atoms with E-state index in [1.807, 2.05) is 6.07 Å². The number of ether oxygens (including phenoxy) is 1. The van der Waals surface area contributed by atoms with Crippen molar-refractivity contribution >= 4 is 22.4 Å². The summed E-state index contributed by atoms with van der Waals surface area (Å²) < 4.78 is 5.08. The molecule has 3 N–H and O–H groups in total. The van der Waals surface area contributed by atoms with Gasteiger partial charge in [0.15, 0.2) is 0 Å². The Hall–Kier alpha value is -2.23. The summed E-state index contributed by atoms with van der Waals surface area (Å²) in [7, 11) is 1.58. The van der Waals surface area contributed by atoms with Crippen LogP contribution in [0.15, 0.2) is 30.3 Å². The Labute approximate surface area is 92.3 Å². The molecule has 16 heavy (non-hydrogen) atoms. The van der Waals surface area contributed by atoms with Gasteiger partial charge in [-0.25, -0.2) is 4.79 Å². The molecular formula is C12H11NO3. The molecule has 2 aromatic rings. The predicted octanol–water partition coefficient (Wildman–Crippen LogP) is 2.13. The van der Waals surface area contributed by atoms with Crippen LogP contribution in [-0.4, -0.2) is 18.2 Å². The van der Waals surface area contributed by atoms with Crippen LogP contribution >= 0.6 is 0 Å². The molecule has 2 rings (SSSR count). The van der Waals surface area contributed by atoms with Crippen LogP contribution in [0.2, 0.25) is 0 Å². The highest BCUT2D eigenvalue weighted by Gasteiger charge is 2.10. The second-order valence-corrected chi connectivity index (χ2v) is 3.42. The van der Waals surface area contributed by atoms with Crippen LogP contribution in [0.25, 0.3) is 10.8 Å². The summed E-state index contributed by atoms with van der Waals surface area (Å²) in [5, 5.41) is 10.5. The maximum Gasteiger partial charge on any atom is 0.337 e. The van der Waals surface area contributed by atoms with Gasteiger partial charge >= 0.3 is 5.97 Å². The molecule has 0 aromatic heterocycles. The second kappa shape index (κ2) is 3.73. The fourth-order valence-corrected chi connectivity index (χ4v) is 1.65. The van der Waals surface area contributed by atoms with E-state index in [2.05, 4.69) is 0 Å². The smallest absolute Gasteiger partial charge is 0.337 e. The number of aromatic carboxylic acids is 1. The van der Waals surface area contributed by atoms with E-state index in [1.54, 1.807) is 25.3 Å². The maximum absolute atomic E-state index is 10.9. The lowest BCUT2D eigenvalue weighted by atomic mass is 10.0.